The molecule has 0 aliphatic rings. The molecule has 0 unspecified atom stereocenters. The van der Waals surface area contributed by atoms with Crippen LogP contribution in [0.5, 0.6) is 0 Å². The Balaban J connectivity index is 1.59. The zero-order valence-corrected chi connectivity index (χ0v) is 17.5. The van der Waals surface area contributed by atoms with E-state index < -0.39 is 11.9 Å². The number of nitrogens with one attached hydrogen (secondary N) is 2. The van der Waals surface area contributed by atoms with E-state index in [4.69, 9.17) is 4.74 Å². The molecule has 1 aromatic carbocycles. The van der Waals surface area contributed by atoms with Gasteiger partial charge in [0, 0.05) is 30.7 Å². The third-order valence-corrected chi connectivity index (χ3v) is 4.45. The number of amides is 2. The summed E-state index contributed by atoms with van der Waals surface area (Å²) in [6.45, 7) is 3.48. The Bertz CT molecular complexity index is 1310. The SMILES string of the molecule is CC(C)OC(=O)Nc1cnc2nc(-c3cc(NC(=O)c4cncn4C)ccc3F)cn2c1. The van der Waals surface area contributed by atoms with E-state index in [2.05, 4.69) is 25.6 Å². The summed E-state index contributed by atoms with van der Waals surface area (Å²) in [7, 11) is 1.70. The van der Waals surface area contributed by atoms with Crippen LogP contribution < -0.4 is 10.6 Å². The van der Waals surface area contributed by atoms with Gasteiger partial charge in [-0.3, -0.25) is 14.5 Å². The highest BCUT2D eigenvalue weighted by Crippen LogP contribution is 2.26. The van der Waals surface area contributed by atoms with Gasteiger partial charge in [0.25, 0.3) is 5.91 Å². The summed E-state index contributed by atoms with van der Waals surface area (Å²) in [4.78, 5) is 36.6. The minimum absolute atomic E-state index is 0.187. The van der Waals surface area contributed by atoms with Crippen molar-refractivity contribution in [3.05, 3.63) is 60.8 Å². The van der Waals surface area contributed by atoms with Crippen molar-refractivity contribution < 1.29 is 18.7 Å². The van der Waals surface area contributed by atoms with Crippen LogP contribution in [-0.2, 0) is 11.8 Å². The maximum atomic E-state index is 14.6. The lowest BCUT2D eigenvalue weighted by Crippen LogP contribution is -2.18. The van der Waals surface area contributed by atoms with E-state index in [0.29, 0.717) is 28.5 Å². The van der Waals surface area contributed by atoms with Gasteiger partial charge in [-0.05, 0) is 32.0 Å². The molecule has 0 radical (unpaired) electrons. The molecule has 32 heavy (non-hydrogen) atoms. The van der Waals surface area contributed by atoms with Gasteiger partial charge in [-0.1, -0.05) is 0 Å². The number of halogens is 1. The van der Waals surface area contributed by atoms with Crippen LogP contribution in [0, 0.1) is 5.82 Å². The molecule has 4 rings (SSSR count). The summed E-state index contributed by atoms with van der Waals surface area (Å²) in [6, 6.07) is 4.20. The van der Waals surface area contributed by atoms with Crippen LogP contribution in [0.25, 0.3) is 17.0 Å². The van der Waals surface area contributed by atoms with Crippen molar-refractivity contribution in [1.29, 1.82) is 0 Å². The van der Waals surface area contributed by atoms with Crippen molar-refractivity contribution in [3.63, 3.8) is 0 Å². The number of aromatic nitrogens is 5. The predicted octanol–water partition coefficient (Wildman–Crippen LogP) is 3.48. The van der Waals surface area contributed by atoms with Crippen LogP contribution in [0.3, 0.4) is 0 Å². The van der Waals surface area contributed by atoms with Gasteiger partial charge in [0.05, 0.1) is 36.2 Å². The maximum absolute atomic E-state index is 14.6. The number of imidazole rings is 2. The fraction of sp³-hybridized carbons (Fsp3) is 0.190. The number of hydrogen-bond acceptors (Lipinski definition) is 6. The molecular formula is C21H20FN7O3. The van der Waals surface area contributed by atoms with Gasteiger partial charge >= 0.3 is 6.09 Å². The van der Waals surface area contributed by atoms with Gasteiger partial charge in [-0.2, -0.15) is 0 Å². The lowest BCUT2D eigenvalue weighted by atomic mass is 10.1. The molecule has 0 spiro atoms. The zero-order valence-electron chi connectivity index (χ0n) is 17.5. The number of fused-ring (bicyclic) bond motifs is 1. The highest BCUT2D eigenvalue weighted by atomic mass is 19.1. The molecule has 0 bridgehead atoms. The van der Waals surface area contributed by atoms with Crippen molar-refractivity contribution in [2.45, 2.75) is 20.0 Å². The van der Waals surface area contributed by atoms with E-state index in [1.54, 1.807) is 42.3 Å². The third kappa shape index (κ3) is 4.41. The van der Waals surface area contributed by atoms with Crippen LogP contribution >= 0.6 is 0 Å². The second kappa shape index (κ2) is 8.46. The normalized spacial score (nSPS) is 11.0. The summed E-state index contributed by atoms with van der Waals surface area (Å²) >= 11 is 0. The molecule has 0 aliphatic carbocycles. The molecular weight excluding hydrogens is 417 g/mol. The zero-order chi connectivity index (χ0) is 22.8. The van der Waals surface area contributed by atoms with Crippen LogP contribution in [0.4, 0.5) is 20.6 Å². The Kier molecular flexibility index (Phi) is 5.54. The second-order valence-corrected chi connectivity index (χ2v) is 7.29. The van der Waals surface area contributed by atoms with Crippen LogP contribution in [0.2, 0.25) is 0 Å². The number of hydrogen-bond donors (Lipinski definition) is 2. The van der Waals surface area contributed by atoms with Gasteiger partial charge < -0.3 is 14.6 Å². The number of carbonyl (C=O) groups is 2. The molecule has 0 saturated carbocycles. The summed E-state index contributed by atoms with van der Waals surface area (Å²) in [6.07, 6.45) is 6.67. The lowest BCUT2D eigenvalue weighted by molar-refractivity contribution is 0.101. The molecule has 2 N–H and O–H groups in total. The highest BCUT2D eigenvalue weighted by molar-refractivity contribution is 6.03. The lowest BCUT2D eigenvalue weighted by Gasteiger charge is -2.09. The van der Waals surface area contributed by atoms with E-state index >= 15 is 0 Å². The van der Waals surface area contributed by atoms with Gasteiger partial charge in [0.15, 0.2) is 0 Å². The average Bonchev–Trinajstić information content (AvgIpc) is 3.34. The first kappa shape index (κ1) is 21.0. The Labute approximate surface area is 182 Å². The van der Waals surface area contributed by atoms with Crippen molar-refractivity contribution in [3.8, 4) is 11.3 Å². The molecule has 164 valence electrons. The van der Waals surface area contributed by atoms with Crippen LogP contribution in [0.1, 0.15) is 24.3 Å². The predicted molar refractivity (Wildman–Crippen MR) is 115 cm³/mol. The maximum Gasteiger partial charge on any atom is 0.411 e. The minimum Gasteiger partial charge on any atom is -0.447 e. The van der Waals surface area contributed by atoms with Gasteiger partial charge in [-0.25, -0.2) is 24.1 Å². The molecule has 0 atom stereocenters. The molecule has 4 aromatic rings. The second-order valence-electron chi connectivity index (χ2n) is 7.29. The van der Waals surface area contributed by atoms with E-state index in [1.807, 2.05) is 0 Å². The summed E-state index contributed by atoms with van der Waals surface area (Å²) in [5, 5.41) is 5.30. The van der Waals surface area contributed by atoms with E-state index in [1.165, 1.54) is 36.9 Å². The molecule has 2 amide bonds. The number of rotatable bonds is 5. The van der Waals surface area contributed by atoms with E-state index in [-0.39, 0.29) is 17.6 Å². The van der Waals surface area contributed by atoms with E-state index in [9.17, 15) is 14.0 Å². The van der Waals surface area contributed by atoms with Crippen LogP contribution in [-0.4, -0.2) is 42.0 Å². The summed E-state index contributed by atoms with van der Waals surface area (Å²) in [5.74, 6) is -0.569. The number of aryl methyl sites for hydroxylation is 1. The van der Waals surface area contributed by atoms with Gasteiger partial charge in [-0.15, -0.1) is 0 Å². The molecule has 0 saturated heterocycles. The fourth-order valence-electron chi connectivity index (χ4n) is 3.01. The number of carbonyl (C=O) groups excluding carboxylic acids is 2. The molecule has 3 aromatic heterocycles. The Morgan fingerprint density at radius 1 is 1.12 bits per heavy atom. The van der Waals surface area contributed by atoms with E-state index in [0.717, 1.165) is 0 Å². The number of ether oxygens (including phenoxy) is 1. The van der Waals surface area contributed by atoms with Gasteiger partial charge in [0.2, 0.25) is 5.78 Å². The first-order valence-corrected chi connectivity index (χ1v) is 9.70. The van der Waals surface area contributed by atoms with Crippen LogP contribution in [0.15, 0.2) is 49.3 Å². The molecule has 3 heterocycles. The first-order valence-electron chi connectivity index (χ1n) is 9.70. The van der Waals surface area contributed by atoms with Crippen molar-refractivity contribution >= 4 is 29.2 Å². The number of benzene rings is 1. The standard InChI is InChI=1S/C21H20FN7O3/c1-12(2)32-21(31)26-14-7-24-20-27-17(10-29(20)9-14)15-6-13(4-5-16(15)22)25-19(30)18-8-23-11-28(18)3/h4-12H,1-3H3,(H,25,30)(H,26,31). The minimum atomic E-state index is -0.607. The van der Waals surface area contributed by atoms with Crippen molar-refractivity contribution in [1.82, 2.24) is 23.9 Å². The number of nitrogens with zero attached hydrogens (tertiary/aromatic N) is 5. The molecule has 11 heteroatoms. The monoisotopic (exact) mass is 437 g/mol. The first-order chi connectivity index (χ1) is 15.3. The highest BCUT2D eigenvalue weighted by Gasteiger charge is 2.15. The number of anilines is 2. The van der Waals surface area contributed by atoms with Gasteiger partial charge in [0.1, 0.15) is 11.5 Å². The summed E-state index contributed by atoms with van der Waals surface area (Å²) < 4.78 is 22.7. The van der Waals surface area contributed by atoms with Crippen molar-refractivity contribution in [2.75, 3.05) is 10.6 Å². The Morgan fingerprint density at radius 2 is 1.94 bits per heavy atom. The fourth-order valence-corrected chi connectivity index (χ4v) is 3.01. The molecule has 0 aliphatic heterocycles. The Hall–Kier alpha value is -4.28. The Morgan fingerprint density at radius 3 is 2.66 bits per heavy atom. The quantitative estimate of drug-likeness (QED) is 0.494. The van der Waals surface area contributed by atoms with Crippen molar-refractivity contribution in [2.24, 2.45) is 7.05 Å². The molecule has 10 nitrogen and oxygen atoms in total. The third-order valence-electron chi connectivity index (χ3n) is 4.45. The molecule has 0 fully saturated rings. The average molecular weight is 437 g/mol. The smallest absolute Gasteiger partial charge is 0.411 e. The topological polar surface area (TPSA) is 115 Å². The summed E-state index contributed by atoms with van der Waals surface area (Å²) in [5.41, 5.74) is 1.66. The largest absolute Gasteiger partial charge is 0.447 e.